The molecule has 1 saturated heterocycles. The fourth-order valence-electron chi connectivity index (χ4n) is 5.05. The Morgan fingerprint density at radius 1 is 1.04 bits per heavy atom. The van der Waals surface area contributed by atoms with E-state index in [4.69, 9.17) is 4.74 Å². The van der Waals surface area contributed by atoms with Crippen LogP contribution >= 0.6 is 0 Å². The van der Waals surface area contributed by atoms with Gasteiger partial charge in [-0.2, -0.15) is 0 Å². The molecule has 3 heteroatoms. The first-order valence-corrected chi connectivity index (χ1v) is 10.9. The number of hydrogen-bond donors (Lipinski definition) is 0. The minimum Gasteiger partial charge on any atom is -0.493 e. The molecule has 2 fully saturated rings. The van der Waals surface area contributed by atoms with Crippen LogP contribution in [0.2, 0.25) is 0 Å². The summed E-state index contributed by atoms with van der Waals surface area (Å²) in [7, 11) is 0. The van der Waals surface area contributed by atoms with Crippen molar-refractivity contribution in [1.29, 1.82) is 0 Å². The van der Waals surface area contributed by atoms with Crippen LogP contribution in [0.1, 0.15) is 51.6 Å². The summed E-state index contributed by atoms with van der Waals surface area (Å²) >= 11 is 0. The van der Waals surface area contributed by atoms with Gasteiger partial charge in [0, 0.05) is 29.3 Å². The molecule has 28 heavy (non-hydrogen) atoms. The van der Waals surface area contributed by atoms with E-state index in [0.717, 1.165) is 47.8 Å². The number of rotatable bonds is 6. The van der Waals surface area contributed by atoms with E-state index in [0.29, 0.717) is 0 Å². The van der Waals surface area contributed by atoms with E-state index in [9.17, 15) is 0 Å². The molecular weight excluding hydrogens is 344 g/mol. The van der Waals surface area contributed by atoms with Gasteiger partial charge in [0.2, 0.25) is 0 Å². The summed E-state index contributed by atoms with van der Waals surface area (Å²) in [6, 6.07) is 15.3. The van der Waals surface area contributed by atoms with Crippen LogP contribution in [-0.4, -0.2) is 35.6 Å². The van der Waals surface area contributed by atoms with Crippen molar-refractivity contribution in [2.45, 2.75) is 58.9 Å². The Kier molecular flexibility index (Phi) is 5.73. The molecule has 2 aliphatic rings. The largest absolute Gasteiger partial charge is 0.493 e. The summed E-state index contributed by atoms with van der Waals surface area (Å²) in [5, 5.41) is 0. The number of benzene rings is 1. The number of nitrogens with zero attached hydrogens (tertiary/aromatic N) is 2. The number of ether oxygens (including phenoxy) is 1. The van der Waals surface area contributed by atoms with Crippen molar-refractivity contribution < 1.29 is 4.74 Å². The second kappa shape index (κ2) is 8.24. The number of aryl methyl sites for hydroxylation is 1. The van der Waals surface area contributed by atoms with Crippen molar-refractivity contribution in [2.75, 3.05) is 19.7 Å². The van der Waals surface area contributed by atoms with Crippen LogP contribution in [0.3, 0.4) is 0 Å². The second-order valence-electron chi connectivity index (χ2n) is 9.51. The standard InChI is InChI=1S/C25H34N2O/c1-19-7-4-10-23(26-19)20-12-14-22(15-13-20)28-18-25(2,3)17-27-16-6-9-21-8-5-11-24(21)27/h4,7,10,12-15,21,24H,5-6,8-9,11,16-18H2,1-3H3. The predicted octanol–water partition coefficient (Wildman–Crippen LogP) is 5.73. The second-order valence-corrected chi connectivity index (χ2v) is 9.51. The lowest BCUT2D eigenvalue weighted by Gasteiger charge is -2.42. The highest BCUT2D eigenvalue weighted by atomic mass is 16.5. The SMILES string of the molecule is Cc1cccc(-c2ccc(OCC(C)(C)CN3CCCC4CCCC43)cc2)n1. The molecule has 150 valence electrons. The summed E-state index contributed by atoms with van der Waals surface area (Å²) in [6.45, 7) is 9.87. The van der Waals surface area contributed by atoms with Crippen LogP contribution in [0.15, 0.2) is 42.5 Å². The molecule has 1 aliphatic heterocycles. The Bertz CT molecular complexity index is 783. The number of hydrogen-bond acceptors (Lipinski definition) is 3. The smallest absolute Gasteiger partial charge is 0.119 e. The molecule has 1 aliphatic carbocycles. The van der Waals surface area contributed by atoms with Gasteiger partial charge in [0.05, 0.1) is 12.3 Å². The van der Waals surface area contributed by atoms with Gasteiger partial charge in [0.25, 0.3) is 0 Å². The zero-order valence-electron chi connectivity index (χ0n) is 17.7. The van der Waals surface area contributed by atoms with Gasteiger partial charge in [-0.3, -0.25) is 9.88 Å². The van der Waals surface area contributed by atoms with E-state index in [-0.39, 0.29) is 5.41 Å². The zero-order chi connectivity index (χ0) is 19.6. The highest BCUT2D eigenvalue weighted by Gasteiger charge is 2.37. The molecule has 1 aromatic carbocycles. The molecule has 0 spiro atoms. The van der Waals surface area contributed by atoms with Crippen molar-refractivity contribution in [3.05, 3.63) is 48.2 Å². The van der Waals surface area contributed by atoms with Gasteiger partial charge >= 0.3 is 0 Å². The van der Waals surface area contributed by atoms with E-state index < -0.39 is 0 Å². The van der Waals surface area contributed by atoms with Gasteiger partial charge < -0.3 is 4.74 Å². The number of piperidine rings is 1. The molecular formula is C25H34N2O. The lowest BCUT2D eigenvalue weighted by Crippen LogP contribution is -2.48. The van der Waals surface area contributed by atoms with Crippen LogP contribution in [0.5, 0.6) is 5.75 Å². The number of likely N-dealkylation sites (tertiary alicyclic amines) is 1. The highest BCUT2D eigenvalue weighted by Crippen LogP contribution is 2.38. The Morgan fingerprint density at radius 3 is 2.61 bits per heavy atom. The fourth-order valence-corrected chi connectivity index (χ4v) is 5.05. The Balaban J connectivity index is 1.34. The van der Waals surface area contributed by atoms with Gasteiger partial charge in [-0.1, -0.05) is 26.3 Å². The summed E-state index contributed by atoms with van der Waals surface area (Å²) in [4.78, 5) is 7.36. The average Bonchev–Trinajstić information content (AvgIpc) is 3.17. The van der Waals surface area contributed by atoms with Crippen molar-refractivity contribution >= 4 is 0 Å². The lowest BCUT2D eigenvalue weighted by atomic mass is 9.87. The van der Waals surface area contributed by atoms with Crippen LogP contribution in [-0.2, 0) is 0 Å². The minimum absolute atomic E-state index is 0.154. The van der Waals surface area contributed by atoms with Crippen molar-refractivity contribution in [2.24, 2.45) is 11.3 Å². The Labute approximate surface area is 170 Å². The van der Waals surface area contributed by atoms with Gasteiger partial charge in [0.1, 0.15) is 5.75 Å². The Hall–Kier alpha value is -1.87. The van der Waals surface area contributed by atoms with E-state index in [1.165, 1.54) is 38.6 Å². The molecule has 3 nitrogen and oxygen atoms in total. The normalized spacial score (nSPS) is 22.8. The molecule has 0 bridgehead atoms. The average molecular weight is 379 g/mol. The van der Waals surface area contributed by atoms with Gasteiger partial charge in [0.15, 0.2) is 0 Å². The van der Waals surface area contributed by atoms with Crippen molar-refractivity contribution in [3.8, 4) is 17.0 Å². The summed E-state index contributed by atoms with van der Waals surface area (Å²) in [6.07, 6.45) is 7.08. The molecule has 0 N–H and O–H groups in total. The first kappa shape index (κ1) is 19.4. The van der Waals surface area contributed by atoms with Crippen molar-refractivity contribution in [3.63, 3.8) is 0 Å². The lowest BCUT2D eigenvalue weighted by molar-refractivity contribution is 0.0501. The molecule has 2 unspecified atom stereocenters. The maximum Gasteiger partial charge on any atom is 0.119 e. The quantitative estimate of drug-likeness (QED) is 0.642. The third-order valence-electron chi connectivity index (χ3n) is 6.41. The van der Waals surface area contributed by atoms with E-state index in [1.807, 2.05) is 13.0 Å². The molecule has 2 atom stereocenters. The molecule has 0 radical (unpaired) electrons. The third kappa shape index (κ3) is 4.57. The molecule has 2 heterocycles. The molecule has 1 aromatic heterocycles. The molecule has 2 aromatic rings. The first-order valence-electron chi connectivity index (χ1n) is 10.9. The van der Waals surface area contributed by atoms with Crippen LogP contribution in [0.25, 0.3) is 11.3 Å². The summed E-state index contributed by atoms with van der Waals surface area (Å²) < 4.78 is 6.19. The predicted molar refractivity (Wildman–Crippen MR) is 116 cm³/mol. The maximum absolute atomic E-state index is 6.19. The highest BCUT2D eigenvalue weighted by molar-refractivity contribution is 5.60. The molecule has 0 amide bonds. The first-order chi connectivity index (χ1) is 13.5. The topological polar surface area (TPSA) is 25.4 Å². The van der Waals surface area contributed by atoms with Gasteiger partial charge in [-0.25, -0.2) is 0 Å². The molecule has 4 rings (SSSR count). The Morgan fingerprint density at radius 2 is 1.82 bits per heavy atom. The number of fused-ring (bicyclic) bond motifs is 1. The van der Waals surface area contributed by atoms with Crippen LogP contribution < -0.4 is 4.74 Å². The van der Waals surface area contributed by atoms with E-state index in [2.05, 4.69) is 60.1 Å². The fraction of sp³-hybridized carbons (Fsp3) is 0.560. The van der Waals surface area contributed by atoms with Gasteiger partial charge in [-0.15, -0.1) is 0 Å². The van der Waals surface area contributed by atoms with Crippen molar-refractivity contribution in [1.82, 2.24) is 9.88 Å². The minimum atomic E-state index is 0.154. The number of pyridine rings is 1. The summed E-state index contributed by atoms with van der Waals surface area (Å²) in [5.41, 5.74) is 3.35. The monoisotopic (exact) mass is 378 g/mol. The summed E-state index contributed by atoms with van der Waals surface area (Å²) in [5.74, 6) is 1.90. The van der Waals surface area contributed by atoms with E-state index in [1.54, 1.807) is 0 Å². The van der Waals surface area contributed by atoms with Gasteiger partial charge in [-0.05, 0) is 81.5 Å². The maximum atomic E-state index is 6.19. The molecule has 1 saturated carbocycles. The van der Waals surface area contributed by atoms with Crippen LogP contribution in [0.4, 0.5) is 0 Å². The van der Waals surface area contributed by atoms with E-state index >= 15 is 0 Å². The van der Waals surface area contributed by atoms with Crippen LogP contribution in [0, 0.1) is 18.3 Å². The third-order valence-corrected chi connectivity index (χ3v) is 6.41. The number of aromatic nitrogens is 1. The zero-order valence-corrected chi connectivity index (χ0v) is 17.7.